The van der Waals surface area contributed by atoms with Crippen LogP contribution in [0.15, 0.2) is 6.07 Å². The maximum Gasteiger partial charge on any atom is 0.158 e. The van der Waals surface area contributed by atoms with Crippen molar-refractivity contribution in [2.75, 3.05) is 31.7 Å². The first-order valence-corrected chi connectivity index (χ1v) is 6.29. The number of hydrogen-bond acceptors (Lipinski definition) is 5. The quantitative estimate of drug-likeness (QED) is 0.786. The summed E-state index contributed by atoms with van der Waals surface area (Å²) in [4.78, 5) is 10.8. The molecule has 0 atom stereocenters. The first-order chi connectivity index (χ1) is 8.50. The number of nitrogens with zero attached hydrogens (tertiary/aromatic N) is 3. The lowest BCUT2D eigenvalue weighted by molar-refractivity contribution is -0.0279. The van der Waals surface area contributed by atoms with E-state index in [4.69, 9.17) is 21.1 Å². The minimum absolute atomic E-state index is 0.170. The minimum atomic E-state index is -0.170. The molecule has 6 heteroatoms. The van der Waals surface area contributed by atoms with Crippen LogP contribution in [0.4, 0.5) is 5.82 Å². The summed E-state index contributed by atoms with van der Waals surface area (Å²) in [7, 11) is 1.61. The van der Waals surface area contributed by atoms with Crippen molar-refractivity contribution in [2.24, 2.45) is 0 Å². The predicted octanol–water partition coefficient (Wildman–Crippen LogP) is 1.89. The highest BCUT2D eigenvalue weighted by Crippen LogP contribution is 2.23. The van der Waals surface area contributed by atoms with Gasteiger partial charge in [-0.25, -0.2) is 9.97 Å². The second-order valence-electron chi connectivity index (χ2n) is 4.93. The summed E-state index contributed by atoms with van der Waals surface area (Å²) in [5.74, 6) is 1.43. The molecule has 0 unspecified atom stereocenters. The molecular weight excluding hydrogens is 254 g/mol. The molecule has 0 N–H and O–H groups in total. The number of methoxy groups -OCH3 is 1. The van der Waals surface area contributed by atoms with E-state index in [0.29, 0.717) is 24.2 Å². The van der Waals surface area contributed by atoms with Crippen molar-refractivity contribution < 1.29 is 9.47 Å². The Balaban J connectivity index is 2.21. The normalized spacial score (nSPS) is 19.0. The Bertz CT molecular complexity index is 426. The molecule has 0 aliphatic carbocycles. The zero-order valence-corrected chi connectivity index (χ0v) is 11.7. The van der Waals surface area contributed by atoms with Crippen LogP contribution in [-0.2, 0) is 16.1 Å². The van der Waals surface area contributed by atoms with E-state index in [9.17, 15) is 0 Å². The molecule has 0 radical (unpaired) electrons. The maximum atomic E-state index is 6.01. The fourth-order valence-electron chi connectivity index (χ4n) is 2.02. The number of halogens is 1. The first kappa shape index (κ1) is 13.5. The van der Waals surface area contributed by atoms with Gasteiger partial charge in [0.05, 0.1) is 12.2 Å². The zero-order valence-electron chi connectivity index (χ0n) is 10.9. The Morgan fingerprint density at radius 2 is 2.28 bits per heavy atom. The van der Waals surface area contributed by atoms with E-state index in [1.54, 1.807) is 13.2 Å². The van der Waals surface area contributed by atoms with E-state index in [2.05, 4.69) is 28.7 Å². The number of anilines is 1. The highest BCUT2D eigenvalue weighted by molar-refractivity contribution is 6.29. The second kappa shape index (κ2) is 5.38. The van der Waals surface area contributed by atoms with Gasteiger partial charge in [0.25, 0.3) is 0 Å². The van der Waals surface area contributed by atoms with E-state index in [1.165, 1.54) is 0 Å². The van der Waals surface area contributed by atoms with Gasteiger partial charge < -0.3 is 14.4 Å². The molecule has 1 aliphatic heterocycles. The molecule has 2 heterocycles. The van der Waals surface area contributed by atoms with Gasteiger partial charge in [-0.15, -0.1) is 0 Å². The monoisotopic (exact) mass is 271 g/mol. The molecule has 5 nitrogen and oxygen atoms in total. The predicted molar refractivity (Wildman–Crippen MR) is 70.0 cm³/mol. The lowest BCUT2D eigenvalue weighted by Crippen LogP contribution is -2.48. The molecule has 18 heavy (non-hydrogen) atoms. The second-order valence-corrected chi connectivity index (χ2v) is 5.32. The molecule has 1 aromatic rings. The average Bonchev–Trinajstić information content (AvgIpc) is 2.27. The average molecular weight is 272 g/mol. The highest BCUT2D eigenvalue weighted by Gasteiger charge is 2.28. The molecule has 0 bridgehead atoms. The third kappa shape index (κ3) is 3.31. The molecule has 100 valence electrons. The Hall–Kier alpha value is -0.910. The van der Waals surface area contributed by atoms with Gasteiger partial charge in [-0.05, 0) is 13.8 Å². The van der Waals surface area contributed by atoms with Crippen molar-refractivity contribution in [3.05, 3.63) is 17.0 Å². The van der Waals surface area contributed by atoms with Crippen LogP contribution in [0.1, 0.15) is 19.7 Å². The Morgan fingerprint density at radius 1 is 1.50 bits per heavy atom. The number of ether oxygens (including phenoxy) is 2. The van der Waals surface area contributed by atoms with Gasteiger partial charge in [0.2, 0.25) is 0 Å². The van der Waals surface area contributed by atoms with E-state index < -0.39 is 0 Å². The number of morpholine rings is 1. The van der Waals surface area contributed by atoms with Gasteiger partial charge >= 0.3 is 0 Å². The van der Waals surface area contributed by atoms with E-state index in [0.717, 1.165) is 18.9 Å². The minimum Gasteiger partial charge on any atom is -0.377 e. The van der Waals surface area contributed by atoms with Crippen molar-refractivity contribution in [2.45, 2.75) is 26.1 Å². The molecular formula is C12H18ClN3O2. The summed E-state index contributed by atoms with van der Waals surface area (Å²) in [6.07, 6.45) is 0. The van der Waals surface area contributed by atoms with Crippen LogP contribution in [0.25, 0.3) is 0 Å². The fraction of sp³-hybridized carbons (Fsp3) is 0.667. The molecule has 0 saturated carbocycles. The lowest BCUT2D eigenvalue weighted by Gasteiger charge is -2.38. The summed E-state index contributed by atoms with van der Waals surface area (Å²) < 4.78 is 10.7. The fourth-order valence-corrected chi connectivity index (χ4v) is 2.21. The van der Waals surface area contributed by atoms with Crippen molar-refractivity contribution in [3.63, 3.8) is 0 Å². The summed E-state index contributed by atoms with van der Waals surface area (Å²) >= 11 is 6.01. The van der Waals surface area contributed by atoms with Crippen molar-refractivity contribution in [3.8, 4) is 0 Å². The molecule has 1 saturated heterocycles. The number of aromatic nitrogens is 2. The van der Waals surface area contributed by atoms with Gasteiger partial charge in [0, 0.05) is 26.3 Å². The zero-order chi connectivity index (χ0) is 13.2. The number of rotatable bonds is 3. The largest absolute Gasteiger partial charge is 0.377 e. The van der Waals surface area contributed by atoms with Gasteiger partial charge in [-0.3, -0.25) is 0 Å². The van der Waals surface area contributed by atoms with E-state index in [1.807, 2.05) is 0 Å². The third-order valence-electron chi connectivity index (χ3n) is 2.75. The highest BCUT2D eigenvalue weighted by atomic mass is 35.5. The van der Waals surface area contributed by atoms with Crippen LogP contribution in [-0.4, -0.2) is 42.4 Å². The van der Waals surface area contributed by atoms with Crippen LogP contribution in [0.3, 0.4) is 0 Å². The van der Waals surface area contributed by atoms with Gasteiger partial charge in [0.15, 0.2) is 5.82 Å². The standard InChI is InChI=1S/C12H18ClN3O2/c1-12(2)8-16(4-5-18-12)11-6-9(13)14-10(15-11)7-17-3/h6H,4-5,7-8H2,1-3H3. The molecule has 0 aromatic carbocycles. The van der Waals surface area contributed by atoms with Crippen LogP contribution in [0, 0.1) is 0 Å². The molecule has 0 amide bonds. The van der Waals surface area contributed by atoms with Crippen LogP contribution < -0.4 is 4.90 Å². The van der Waals surface area contributed by atoms with Gasteiger partial charge in [-0.2, -0.15) is 0 Å². The van der Waals surface area contributed by atoms with Crippen molar-refractivity contribution in [1.82, 2.24) is 9.97 Å². The van der Waals surface area contributed by atoms with Crippen molar-refractivity contribution >= 4 is 17.4 Å². The van der Waals surface area contributed by atoms with Crippen LogP contribution in [0.5, 0.6) is 0 Å². The smallest absolute Gasteiger partial charge is 0.158 e. The van der Waals surface area contributed by atoms with Crippen LogP contribution >= 0.6 is 11.6 Å². The summed E-state index contributed by atoms with van der Waals surface area (Å²) in [6.45, 7) is 6.78. The summed E-state index contributed by atoms with van der Waals surface area (Å²) in [6, 6.07) is 1.78. The molecule has 0 spiro atoms. The van der Waals surface area contributed by atoms with Gasteiger partial charge in [-0.1, -0.05) is 11.6 Å². The Kier molecular flexibility index (Phi) is 4.04. The lowest BCUT2D eigenvalue weighted by atomic mass is 10.1. The van der Waals surface area contributed by atoms with E-state index in [-0.39, 0.29) is 5.60 Å². The SMILES string of the molecule is COCc1nc(Cl)cc(N2CCOC(C)(C)C2)n1. The summed E-state index contributed by atoms with van der Waals surface area (Å²) in [5.41, 5.74) is -0.170. The van der Waals surface area contributed by atoms with Crippen LogP contribution in [0.2, 0.25) is 5.15 Å². The molecule has 1 aromatic heterocycles. The number of hydrogen-bond donors (Lipinski definition) is 0. The van der Waals surface area contributed by atoms with E-state index >= 15 is 0 Å². The topological polar surface area (TPSA) is 47.5 Å². The van der Waals surface area contributed by atoms with Gasteiger partial charge in [0.1, 0.15) is 17.6 Å². The Labute approximate surface area is 112 Å². The maximum absolute atomic E-state index is 6.01. The Morgan fingerprint density at radius 3 is 2.94 bits per heavy atom. The first-order valence-electron chi connectivity index (χ1n) is 5.91. The third-order valence-corrected chi connectivity index (χ3v) is 2.94. The van der Waals surface area contributed by atoms with Crippen molar-refractivity contribution in [1.29, 1.82) is 0 Å². The summed E-state index contributed by atoms with van der Waals surface area (Å²) in [5, 5.41) is 0.441. The molecule has 1 aliphatic rings. The molecule has 2 rings (SSSR count). The molecule has 1 fully saturated rings.